The summed E-state index contributed by atoms with van der Waals surface area (Å²) < 4.78 is 14.0. The second kappa shape index (κ2) is 10.3. The fraction of sp³-hybridized carbons (Fsp3) is 0.304. The average molecular weight is 418 g/mol. The first-order valence-corrected chi connectivity index (χ1v) is 9.92. The highest BCUT2D eigenvalue weighted by Crippen LogP contribution is 2.30. The molecule has 1 aliphatic heterocycles. The van der Waals surface area contributed by atoms with Crippen LogP contribution in [-0.4, -0.2) is 47.4 Å². The van der Waals surface area contributed by atoms with Crippen molar-refractivity contribution in [2.75, 3.05) is 32.0 Å². The number of halogens is 1. The van der Waals surface area contributed by atoms with Crippen molar-refractivity contribution in [2.45, 2.75) is 18.9 Å². The van der Waals surface area contributed by atoms with Crippen LogP contribution in [0.4, 0.5) is 10.1 Å². The summed E-state index contributed by atoms with van der Waals surface area (Å²) in [6.07, 6.45) is 4.57. The van der Waals surface area contributed by atoms with Crippen LogP contribution in [0.15, 0.2) is 42.7 Å². The lowest BCUT2D eigenvalue weighted by Crippen LogP contribution is -2.20. The van der Waals surface area contributed by atoms with Crippen LogP contribution in [-0.2, 0) is 6.54 Å². The Labute approximate surface area is 180 Å². The maximum atomic E-state index is 12.3. The van der Waals surface area contributed by atoms with Gasteiger partial charge in [0.1, 0.15) is 12.4 Å². The van der Waals surface area contributed by atoms with Crippen molar-refractivity contribution < 1.29 is 9.18 Å². The monoisotopic (exact) mass is 418 g/mol. The van der Waals surface area contributed by atoms with Gasteiger partial charge < -0.3 is 9.88 Å². The third kappa shape index (κ3) is 5.25. The molecule has 0 saturated carbocycles. The molecular formula is C23H23FN6O. The van der Waals surface area contributed by atoms with Crippen LogP contribution in [0.1, 0.15) is 28.4 Å². The average Bonchev–Trinajstić information content (AvgIpc) is 3.39. The molecule has 31 heavy (non-hydrogen) atoms. The summed E-state index contributed by atoms with van der Waals surface area (Å²) >= 11 is 0. The van der Waals surface area contributed by atoms with Gasteiger partial charge in [0.15, 0.2) is 6.29 Å². The Balaban J connectivity index is 0.000000254. The molecule has 1 unspecified atom stereocenters. The SMILES string of the molecule is CNc1cncc(F)c1.N#CCN1CCC(c2ccc3c(c2)cc(C=O)n3CC#N)C1. The molecule has 0 spiro atoms. The maximum absolute atomic E-state index is 12.3. The number of aldehydes is 1. The minimum absolute atomic E-state index is 0.177. The molecule has 2 aromatic heterocycles. The number of rotatable bonds is 5. The number of hydrogen-bond donors (Lipinski definition) is 1. The molecular weight excluding hydrogens is 395 g/mol. The van der Waals surface area contributed by atoms with Gasteiger partial charge in [-0.3, -0.25) is 14.7 Å². The van der Waals surface area contributed by atoms with Gasteiger partial charge in [-0.15, -0.1) is 0 Å². The molecule has 0 aliphatic carbocycles. The lowest BCUT2D eigenvalue weighted by atomic mass is 9.97. The minimum atomic E-state index is -0.318. The summed E-state index contributed by atoms with van der Waals surface area (Å²) in [4.78, 5) is 16.9. The summed E-state index contributed by atoms with van der Waals surface area (Å²) in [5.74, 6) is 0.110. The predicted molar refractivity (Wildman–Crippen MR) is 116 cm³/mol. The molecule has 1 fully saturated rings. The van der Waals surface area contributed by atoms with Crippen molar-refractivity contribution >= 4 is 22.9 Å². The lowest BCUT2D eigenvalue weighted by molar-refractivity contribution is 0.111. The molecule has 3 heterocycles. The van der Waals surface area contributed by atoms with Crippen molar-refractivity contribution in [3.05, 3.63) is 59.8 Å². The fourth-order valence-corrected chi connectivity index (χ4v) is 3.81. The van der Waals surface area contributed by atoms with Gasteiger partial charge >= 0.3 is 0 Å². The topological polar surface area (TPSA) is 97.7 Å². The van der Waals surface area contributed by atoms with Gasteiger partial charge in [0.25, 0.3) is 0 Å². The molecule has 1 aliphatic rings. The van der Waals surface area contributed by atoms with Crippen molar-refractivity contribution in [1.82, 2.24) is 14.5 Å². The van der Waals surface area contributed by atoms with Gasteiger partial charge in [0, 0.05) is 30.6 Å². The van der Waals surface area contributed by atoms with E-state index in [1.165, 1.54) is 17.8 Å². The molecule has 1 N–H and O–H groups in total. The molecule has 0 amide bonds. The fourth-order valence-electron chi connectivity index (χ4n) is 3.81. The van der Waals surface area contributed by atoms with E-state index < -0.39 is 0 Å². The van der Waals surface area contributed by atoms with Crippen molar-refractivity contribution in [3.8, 4) is 12.1 Å². The lowest BCUT2D eigenvalue weighted by Gasteiger charge is -2.12. The molecule has 4 rings (SSSR count). The third-order valence-electron chi connectivity index (χ3n) is 5.34. The third-order valence-corrected chi connectivity index (χ3v) is 5.34. The smallest absolute Gasteiger partial charge is 0.166 e. The Morgan fingerprint density at radius 2 is 2.03 bits per heavy atom. The van der Waals surface area contributed by atoms with E-state index in [1.807, 2.05) is 12.1 Å². The van der Waals surface area contributed by atoms with Gasteiger partial charge in [-0.05, 0) is 42.6 Å². The van der Waals surface area contributed by atoms with E-state index in [2.05, 4.69) is 39.5 Å². The number of carbonyl (C=O) groups excluding carboxylic acids is 1. The van der Waals surface area contributed by atoms with E-state index in [0.717, 1.165) is 36.7 Å². The van der Waals surface area contributed by atoms with E-state index >= 15 is 0 Å². The quantitative estimate of drug-likeness (QED) is 0.503. The molecule has 0 radical (unpaired) electrons. The normalized spacial score (nSPS) is 15.5. The molecule has 8 heteroatoms. The number of fused-ring (bicyclic) bond motifs is 1. The minimum Gasteiger partial charge on any atom is -0.387 e. The number of carbonyl (C=O) groups is 1. The Hall–Kier alpha value is -3.75. The number of nitrogens with one attached hydrogen (secondary N) is 1. The van der Waals surface area contributed by atoms with Crippen LogP contribution in [0, 0.1) is 28.5 Å². The number of anilines is 1. The number of hydrogen-bond acceptors (Lipinski definition) is 6. The summed E-state index contributed by atoms with van der Waals surface area (Å²) in [7, 11) is 1.72. The van der Waals surface area contributed by atoms with Crippen molar-refractivity contribution in [1.29, 1.82) is 10.5 Å². The first-order chi connectivity index (χ1) is 15.1. The molecule has 1 atom stereocenters. The maximum Gasteiger partial charge on any atom is 0.166 e. The van der Waals surface area contributed by atoms with Gasteiger partial charge in [0.05, 0.1) is 42.5 Å². The molecule has 3 aromatic rings. The van der Waals surface area contributed by atoms with E-state index in [-0.39, 0.29) is 12.4 Å². The second-order valence-corrected chi connectivity index (χ2v) is 7.27. The predicted octanol–water partition coefficient (Wildman–Crippen LogP) is 3.55. The van der Waals surface area contributed by atoms with E-state index in [0.29, 0.717) is 23.8 Å². The number of benzene rings is 1. The molecule has 7 nitrogen and oxygen atoms in total. The summed E-state index contributed by atoms with van der Waals surface area (Å²) in [6.45, 7) is 2.51. The summed E-state index contributed by atoms with van der Waals surface area (Å²) in [6, 6.07) is 13.7. The Morgan fingerprint density at radius 3 is 2.68 bits per heavy atom. The van der Waals surface area contributed by atoms with Crippen LogP contribution >= 0.6 is 0 Å². The molecule has 1 aromatic carbocycles. The van der Waals surface area contributed by atoms with Crippen LogP contribution in [0.3, 0.4) is 0 Å². The highest BCUT2D eigenvalue weighted by Gasteiger charge is 2.24. The van der Waals surface area contributed by atoms with Crippen LogP contribution in [0.2, 0.25) is 0 Å². The first-order valence-electron chi connectivity index (χ1n) is 9.92. The zero-order valence-corrected chi connectivity index (χ0v) is 17.3. The van der Waals surface area contributed by atoms with Gasteiger partial charge in [-0.25, -0.2) is 4.39 Å². The number of aromatic nitrogens is 2. The molecule has 158 valence electrons. The summed E-state index contributed by atoms with van der Waals surface area (Å²) in [5, 5.41) is 21.4. The van der Waals surface area contributed by atoms with Gasteiger partial charge in [-0.2, -0.15) is 10.5 Å². The Bertz CT molecular complexity index is 1140. The van der Waals surface area contributed by atoms with Crippen molar-refractivity contribution in [3.63, 3.8) is 0 Å². The van der Waals surface area contributed by atoms with Crippen LogP contribution < -0.4 is 5.32 Å². The zero-order valence-electron chi connectivity index (χ0n) is 17.3. The second-order valence-electron chi connectivity index (χ2n) is 7.27. The number of pyridine rings is 1. The standard InChI is InChI=1S/C17H16N4O.C6H7FN2/c18-4-7-20-6-3-14(11-20)13-1-2-17-15(9-13)10-16(12-22)21(17)8-5-19;1-8-6-2-5(7)3-9-4-6/h1-2,9-10,12,14H,3,6-8,11H2;2-4,8H,1H3. The number of nitriles is 2. The van der Waals surface area contributed by atoms with E-state index in [1.54, 1.807) is 17.8 Å². The number of nitrogens with zero attached hydrogens (tertiary/aromatic N) is 5. The summed E-state index contributed by atoms with van der Waals surface area (Å²) in [5.41, 5.74) is 3.38. The van der Waals surface area contributed by atoms with E-state index in [9.17, 15) is 9.18 Å². The van der Waals surface area contributed by atoms with E-state index in [4.69, 9.17) is 10.5 Å². The molecule has 0 bridgehead atoms. The van der Waals surface area contributed by atoms with Crippen LogP contribution in [0.5, 0.6) is 0 Å². The first kappa shape index (κ1) is 21.9. The van der Waals surface area contributed by atoms with Gasteiger partial charge in [0.2, 0.25) is 0 Å². The number of likely N-dealkylation sites (tertiary alicyclic amines) is 1. The molecule has 1 saturated heterocycles. The highest BCUT2D eigenvalue weighted by molar-refractivity contribution is 5.89. The zero-order chi connectivity index (χ0) is 22.2. The van der Waals surface area contributed by atoms with Crippen molar-refractivity contribution in [2.24, 2.45) is 0 Å². The van der Waals surface area contributed by atoms with Crippen LogP contribution in [0.25, 0.3) is 10.9 Å². The largest absolute Gasteiger partial charge is 0.387 e. The van der Waals surface area contributed by atoms with Gasteiger partial charge in [-0.1, -0.05) is 6.07 Å². The Morgan fingerprint density at radius 1 is 1.23 bits per heavy atom. The highest BCUT2D eigenvalue weighted by atomic mass is 19.1. The Kier molecular flexibility index (Phi) is 7.31.